The van der Waals surface area contributed by atoms with Crippen LogP contribution in [0.2, 0.25) is 0 Å². The molecule has 3 aromatic rings. The molecule has 0 aliphatic carbocycles. The Kier molecular flexibility index (Phi) is 6.29. The summed E-state index contributed by atoms with van der Waals surface area (Å²) in [4.78, 5) is 29.5. The summed E-state index contributed by atoms with van der Waals surface area (Å²) in [6.45, 7) is 2.36. The van der Waals surface area contributed by atoms with Gasteiger partial charge in [0.2, 0.25) is 5.91 Å². The molecule has 1 saturated heterocycles. The summed E-state index contributed by atoms with van der Waals surface area (Å²) in [6, 6.07) is 20.8. The second-order valence-electron chi connectivity index (χ2n) is 6.92. The van der Waals surface area contributed by atoms with Gasteiger partial charge in [-0.3, -0.25) is 9.59 Å². The summed E-state index contributed by atoms with van der Waals surface area (Å²) in [7, 11) is 0. The number of nitrogens with one attached hydrogen (secondary N) is 1. The number of carbonyl (C=O) groups is 2. The van der Waals surface area contributed by atoms with E-state index in [1.54, 1.807) is 4.90 Å². The first-order chi connectivity index (χ1) is 14.7. The standard InChI is InChI=1S/C23H23N3O3S/c27-22(25-12-14-26(15-13-25)23(28)21-11-6-16-30-21)17-24-19-9-4-5-10-20(19)29-18-7-2-1-3-8-18/h1-11,16,24H,12-15,17H2. The lowest BCUT2D eigenvalue weighted by Gasteiger charge is -2.34. The molecule has 2 heterocycles. The highest BCUT2D eigenvalue weighted by Gasteiger charge is 2.25. The van der Waals surface area contributed by atoms with E-state index in [0.29, 0.717) is 31.9 Å². The molecule has 4 rings (SSSR count). The summed E-state index contributed by atoms with van der Waals surface area (Å²) >= 11 is 1.45. The Morgan fingerprint density at radius 1 is 0.867 bits per heavy atom. The molecule has 1 aliphatic rings. The van der Waals surface area contributed by atoms with Crippen LogP contribution in [0.5, 0.6) is 11.5 Å². The van der Waals surface area contributed by atoms with Gasteiger partial charge in [0.1, 0.15) is 5.75 Å². The molecule has 0 saturated carbocycles. The van der Waals surface area contributed by atoms with E-state index in [9.17, 15) is 9.59 Å². The molecule has 0 spiro atoms. The Hall–Kier alpha value is -3.32. The van der Waals surface area contributed by atoms with E-state index >= 15 is 0 Å². The Morgan fingerprint density at radius 2 is 1.57 bits per heavy atom. The lowest BCUT2D eigenvalue weighted by Crippen LogP contribution is -2.51. The Bertz CT molecular complexity index is 984. The van der Waals surface area contributed by atoms with Crippen molar-refractivity contribution < 1.29 is 14.3 Å². The number of amides is 2. The minimum absolute atomic E-state index is 0.00716. The van der Waals surface area contributed by atoms with Crippen molar-refractivity contribution in [3.05, 3.63) is 77.0 Å². The third kappa shape index (κ3) is 4.80. The van der Waals surface area contributed by atoms with Crippen molar-refractivity contribution in [2.24, 2.45) is 0 Å². The molecule has 1 aromatic heterocycles. The van der Waals surface area contributed by atoms with Crippen molar-refractivity contribution in [2.45, 2.75) is 0 Å². The monoisotopic (exact) mass is 421 g/mol. The van der Waals surface area contributed by atoms with Gasteiger partial charge in [0.15, 0.2) is 5.75 Å². The van der Waals surface area contributed by atoms with E-state index in [1.807, 2.05) is 77.0 Å². The number of benzene rings is 2. The third-order valence-corrected chi connectivity index (χ3v) is 5.80. The number of anilines is 1. The van der Waals surface area contributed by atoms with Crippen LogP contribution >= 0.6 is 11.3 Å². The molecule has 2 amide bonds. The topological polar surface area (TPSA) is 61.9 Å². The van der Waals surface area contributed by atoms with Crippen LogP contribution in [0.3, 0.4) is 0 Å². The fourth-order valence-corrected chi connectivity index (χ4v) is 4.01. The number of hydrogen-bond donors (Lipinski definition) is 1. The van der Waals surface area contributed by atoms with Gasteiger partial charge in [-0.15, -0.1) is 11.3 Å². The van der Waals surface area contributed by atoms with Crippen molar-refractivity contribution in [1.29, 1.82) is 0 Å². The average Bonchev–Trinajstić information content (AvgIpc) is 3.34. The number of piperazine rings is 1. The molecule has 1 fully saturated rings. The molecule has 6 nitrogen and oxygen atoms in total. The van der Waals surface area contributed by atoms with Gasteiger partial charge in [-0.05, 0) is 35.7 Å². The maximum absolute atomic E-state index is 12.7. The fraction of sp³-hybridized carbons (Fsp3) is 0.217. The first-order valence-electron chi connectivity index (χ1n) is 9.87. The quantitative estimate of drug-likeness (QED) is 0.655. The van der Waals surface area contributed by atoms with E-state index in [0.717, 1.165) is 16.3 Å². The number of rotatable bonds is 6. The second-order valence-corrected chi connectivity index (χ2v) is 7.86. The number of hydrogen-bond acceptors (Lipinski definition) is 5. The molecular formula is C23H23N3O3S. The third-order valence-electron chi connectivity index (χ3n) is 4.94. The molecule has 30 heavy (non-hydrogen) atoms. The summed E-state index contributed by atoms with van der Waals surface area (Å²) in [5.74, 6) is 1.46. The van der Waals surface area contributed by atoms with Gasteiger partial charge in [0, 0.05) is 26.2 Å². The molecule has 0 radical (unpaired) electrons. The second kappa shape index (κ2) is 9.45. The molecule has 154 valence electrons. The zero-order valence-corrected chi connectivity index (χ0v) is 17.3. The highest BCUT2D eigenvalue weighted by molar-refractivity contribution is 7.12. The molecule has 1 aliphatic heterocycles. The minimum atomic E-state index is 0.00716. The van der Waals surface area contributed by atoms with Gasteiger partial charge < -0.3 is 19.9 Å². The van der Waals surface area contributed by atoms with E-state index in [4.69, 9.17) is 4.74 Å². The van der Waals surface area contributed by atoms with E-state index in [2.05, 4.69) is 5.32 Å². The van der Waals surface area contributed by atoms with E-state index in [1.165, 1.54) is 11.3 Å². The van der Waals surface area contributed by atoms with Crippen molar-refractivity contribution in [2.75, 3.05) is 38.0 Å². The zero-order valence-electron chi connectivity index (χ0n) is 16.5. The van der Waals surface area contributed by atoms with Gasteiger partial charge in [0.05, 0.1) is 17.1 Å². The van der Waals surface area contributed by atoms with Crippen LogP contribution in [0.25, 0.3) is 0 Å². The first kappa shape index (κ1) is 20.0. The minimum Gasteiger partial charge on any atom is -0.455 e. The van der Waals surface area contributed by atoms with Crippen molar-refractivity contribution in [3.63, 3.8) is 0 Å². The lowest BCUT2D eigenvalue weighted by molar-refractivity contribution is -0.130. The molecular weight excluding hydrogens is 398 g/mol. The average molecular weight is 422 g/mol. The maximum atomic E-state index is 12.7. The largest absolute Gasteiger partial charge is 0.455 e. The van der Waals surface area contributed by atoms with Gasteiger partial charge in [-0.25, -0.2) is 0 Å². The smallest absolute Gasteiger partial charge is 0.264 e. The van der Waals surface area contributed by atoms with Crippen LogP contribution in [0.1, 0.15) is 9.67 Å². The van der Waals surface area contributed by atoms with Crippen molar-refractivity contribution >= 4 is 28.8 Å². The summed E-state index contributed by atoms with van der Waals surface area (Å²) in [5, 5.41) is 5.09. The van der Waals surface area contributed by atoms with Gasteiger partial charge in [0.25, 0.3) is 5.91 Å². The number of para-hydroxylation sites is 3. The highest BCUT2D eigenvalue weighted by Crippen LogP contribution is 2.29. The van der Waals surface area contributed by atoms with Crippen LogP contribution in [0.15, 0.2) is 72.1 Å². The molecule has 0 bridgehead atoms. The summed E-state index contributed by atoms with van der Waals surface area (Å²) in [5.41, 5.74) is 0.765. The zero-order chi connectivity index (χ0) is 20.8. The summed E-state index contributed by atoms with van der Waals surface area (Å²) in [6.07, 6.45) is 0. The molecule has 2 aromatic carbocycles. The number of carbonyl (C=O) groups excluding carboxylic acids is 2. The van der Waals surface area contributed by atoms with Crippen molar-refractivity contribution in [3.8, 4) is 11.5 Å². The van der Waals surface area contributed by atoms with Crippen LogP contribution in [0.4, 0.5) is 5.69 Å². The van der Waals surface area contributed by atoms with Gasteiger partial charge in [-0.1, -0.05) is 36.4 Å². The molecule has 0 atom stereocenters. The van der Waals surface area contributed by atoms with Gasteiger partial charge >= 0.3 is 0 Å². The predicted molar refractivity (Wildman–Crippen MR) is 118 cm³/mol. The maximum Gasteiger partial charge on any atom is 0.264 e. The fourth-order valence-electron chi connectivity index (χ4n) is 3.31. The van der Waals surface area contributed by atoms with Crippen LogP contribution in [0, 0.1) is 0 Å². The number of thiophene rings is 1. The lowest BCUT2D eigenvalue weighted by atomic mass is 10.2. The molecule has 1 N–H and O–H groups in total. The Labute approximate surface area is 179 Å². The van der Waals surface area contributed by atoms with E-state index < -0.39 is 0 Å². The van der Waals surface area contributed by atoms with Crippen LogP contribution in [-0.2, 0) is 4.79 Å². The first-order valence-corrected chi connectivity index (χ1v) is 10.7. The number of ether oxygens (including phenoxy) is 1. The van der Waals surface area contributed by atoms with Crippen LogP contribution < -0.4 is 10.1 Å². The Balaban J connectivity index is 1.30. The predicted octanol–water partition coefficient (Wildman–Crippen LogP) is 3.94. The summed E-state index contributed by atoms with van der Waals surface area (Å²) < 4.78 is 5.93. The molecule has 0 unspecified atom stereocenters. The number of nitrogens with zero attached hydrogens (tertiary/aromatic N) is 2. The Morgan fingerprint density at radius 3 is 2.30 bits per heavy atom. The van der Waals surface area contributed by atoms with E-state index in [-0.39, 0.29) is 18.4 Å². The van der Waals surface area contributed by atoms with Gasteiger partial charge in [-0.2, -0.15) is 0 Å². The van der Waals surface area contributed by atoms with Crippen molar-refractivity contribution in [1.82, 2.24) is 9.80 Å². The van der Waals surface area contributed by atoms with Crippen LogP contribution in [-0.4, -0.2) is 54.3 Å². The molecule has 7 heteroatoms. The SMILES string of the molecule is O=C(CNc1ccccc1Oc1ccccc1)N1CCN(C(=O)c2cccs2)CC1. The normalized spacial score (nSPS) is 13.7. The highest BCUT2D eigenvalue weighted by atomic mass is 32.1.